The molecule has 6 N–H and O–H groups in total. The minimum absolute atomic E-state index is 0.201. The topological polar surface area (TPSA) is 121 Å². The van der Waals surface area contributed by atoms with E-state index in [-0.39, 0.29) is 11.1 Å². The maximum atomic E-state index is 9.61. The van der Waals surface area contributed by atoms with E-state index >= 15 is 0 Å². The minimum Gasteiger partial charge on any atom is -0.504 e. The molecule has 0 radical (unpaired) electrons. The number of benzene rings is 2. The van der Waals surface area contributed by atoms with Gasteiger partial charge in [0.05, 0.1) is 0 Å². The third-order valence-corrected chi connectivity index (χ3v) is 2.76. The number of aromatic hydroxyl groups is 6. The van der Waals surface area contributed by atoms with Crippen LogP contribution in [-0.4, -0.2) is 30.6 Å². The molecule has 2 rings (SSSR count). The fourth-order valence-corrected chi connectivity index (χ4v) is 1.62. The second-order valence-corrected chi connectivity index (χ2v) is 4.08. The van der Waals surface area contributed by atoms with E-state index in [1.54, 1.807) is 0 Å². The summed E-state index contributed by atoms with van der Waals surface area (Å²) in [6.45, 7) is 0. The molecule has 0 amide bonds. The van der Waals surface area contributed by atoms with Gasteiger partial charge in [0.15, 0.2) is 23.0 Å². The van der Waals surface area contributed by atoms with Gasteiger partial charge in [-0.05, 0) is 24.3 Å². The largest absolute Gasteiger partial charge is 0.504 e. The SMILES string of the molecule is Oc1ccc(/C=C/c2ccc(O)c(O)c2O)c(O)c1O. The van der Waals surface area contributed by atoms with Crippen LogP contribution in [0.1, 0.15) is 11.1 Å². The van der Waals surface area contributed by atoms with Gasteiger partial charge in [-0.25, -0.2) is 0 Å². The number of hydrogen-bond acceptors (Lipinski definition) is 6. The maximum absolute atomic E-state index is 9.61. The molecule has 0 fully saturated rings. The first-order valence-electron chi connectivity index (χ1n) is 5.57. The number of rotatable bonds is 2. The first-order chi connectivity index (χ1) is 9.41. The molecule has 0 aromatic heterocycles. The van der Waals surface area contributed by atoms with Crippen LogP contribution in [0.4, 0.5) is 0 Å². The Bertz CT molecular complexity index is 631. The molecular formula is C14H12O6. The first-order valence-corrected chi connectivity index (χ1v) is 5.57. The second kappa shape index (κ2) is 4.93. The average Bonchev–Trinajstić information content (AvgIpc) is 2.43. The van der Waals surface area contributed by atoms with Crippen LogP contribution >= 0.6 is 0 Å². The molecule has 6 nitrogen and oxygen atoms in total. The van der Waals surface area contributed by atoms with Gasteiger partial charge < -0.3 is 30.6 Å². The van der Waals surface area contributed by atoms with Crippen molar-refractivity contribution in [3.8, 4) is 34.5 Å². The van der Waals surface area contributed by atoms with Crippen LogP contribution < -0.4 is 0 Å². The summed E-state index contributed by atoms with van der Waals surface area (Å²) in [7, 11) is 0. The van der Waals surface area contributed by atoms with Gasteiger partial charge in [0.1, 0.15) is 0 Å². The van der Waals surface area contributed by atoms with Gasteiger partial charge >= 0.3 is 0 Å². The molecule has 2 aromatic carbocycles. The number of hydrogen-bond donors (Lipinski definition) is 6. The normalized spacial score (nSPS) is 11.0. The van der Waals surface area contributed by atoms with Crippen molar-refractivity contribution in [2.75, 3.05) is 0 Å². The summed E-state index contributed by atoms with van der Waals surface area (Å²) in [5.74, 6) is -3.23. The Hall–Kier alpha value is -3.02. The smallest absolute Gasteiger partial charge is 0.200 e. The number of phenolic OH excluding ortho intramolecular Hbond substituents is 6. The Kier molecular flexibility index (Phi) is 3.30. The molecule has 0 aliphatic carbocycles. The predicted molar refractivity (Wildman–Crippen MR) is 71.8 cm³/mol. The van der Waals surface area contributed by atoms with E-state index in [1.165, 1.54) is 36.4 Å². The van der Waals surface area contributed by atoms with Crippen LogP contribution in [0.3, 0.4) is 0 Å². The van der Waals surface area contributed by atoms with E-state index < -0.39 is 34.5 Å². The highest BCUT2D eigenvalue weighted by atomic mass is 16.3. The van der Waals surface area contributed by atoms with Crippen LogP contribution in [0, 0.1) is 0 Å². The van der Waals surface area contributed by atoms with Gasteiger partial charge in [-0.3, -0.25) is 0 Å². The third kappa shape index (κ3) is 2.26. The molecule has 2 aromatic rings. The Morgan fingerprint density at radius 2 is 0.850 bits per heavy atom. The van der Waals surface area contributed by atoms with Crippen molar-refractivity contribution in [2.24, 2.45) is 0 Å². The zero-order chi connectivity index (χ0) is 14.9. The summed E-state index contributed by atoms with van der Waals surface area (Å²) in [6.07, 6.45) is 2.72. The molecule has 0 spiro atoms. The van der Waals surface area contributed by atoms with Crippen molar-refractivity contribution in [1.29, 1.82) is 0 Å². The molecule has 0 saturated heterocycles. The van der Waals surface area contributed by atoms with Crippen LogP contribution in [0.5, 0.6) is 34.5 Å². The molecule has 0 heterocycles. The Labute approximate surface area is 113 Å². The molecule has 0 aliphatic heterocycles. The Balaban J connectivity index is 2.40. The highest BCUT2D eigenvalue weighted by Crippen LogP contribution is 2.40. The summed E-state index contributed by atoms with van der Waals surface area (Å²) < 4.78 is 0. The number of phenols is 6. The van der Waals surface area contributed by atoms with Crippen molar-refractivity contribution >= 4 is 12.2 Å². The first kappa shape index (κ1) is 13.4. The lowest BCUT2D eigenvalue weighted by atomic mass is 10.1. The fourth-order valence-electron chi connectivity index (χ4n) is 1.62. The van der Waals surface area contributed by atoms with Crippen molar-refractivity contribution in [1.82, 2.24) is 0 Å². The van der Waals surface area contributed by atoms with E-state index in [2.05, 4.69) is 0 Å². The van der Waals surface area contributed by atoms with Gasteiger partial charge in [-0.1, -0.05) is 12.2 Å². The van der Waals surface area contributed by atoms with E-state index in [1.807, 2.05) is 0 Å². The van der Waals surface area contributed by atoms with E-state index in [4.69, 9.17) is 0 Å². The summed E-state index contributed by atoms with van der Waals surface area (Å²) in [5, 5.41) is 56.3. The van der Waals surface area contributed by atoms with E-state index in [9.17, 15) is 30.6 Å². The molecule has 20 heavy (non-hydrogen) atoms. The third-order valence-electron chi connectivity index (χ3n) is 2.76. The molecular weight excluding hydrogens is 264 g/mol. The Morgan fingerprint density at radius 3 is 1.20 bits per heavy atom. The zero-order valence-electron chi connectivity index (χ0n) is 10.1. The van der Waals surface area contributed by atoms with E-state index in [0.29, 0.717) is 0 Å². The highest BCUT2D eigenvalue weighted by Gasteiger charge is 2.11. The fraction of sp³-hybridized carbons (Fsp3) is 0. The summed E-state index contributed by atoms with van der Waals surface area (Å²) >= 11 is 0. The van der Waals surface area contributed by atoms with Crippen LogP contribution in [0.15, 0.2) is 24.3 Å². The van der Waals surface area contributed by atoms with Crippen molar-refractivity contribution in [3.05, 3.63) is 35.4 Å². The molecule has 104 valence electrons. The van der Waals surface area contributed by atoms with Crippen LogP contribution in [0.25, 0.3) is 12.2 Å². The summed E-state index contributed by atoms with van der Waals surface area (Å²) in [5.41, 5.74) is 0.402. The predicted octanol–water partition coefficient (Wildman–Crippen LogP) is 2.09. The standard InChI is InChI=1S/C14H12O6/c15-9-5-3-7(11(17)13(9)19)1-2-8-4-6-10(16)14(20)12(8)18/h1-6,15-20H/b2-1+. The minimum atomic E-state index is -0.648. The molecule has 0 unspecified atom stereocenters. The van der Waals surface area contributed by atoms with Gasteiger partial charge in [-0.15, -0.1) is 0 Å². The van der Waals surface area contributed by atoms with E-state index in [0.717, 1.165) is 0 Å². The second-order valence-electron chi connectivity index (χ2n) is 4.08. The summed E-state index contributed by atoms with van der Waals surface area (Å²) in [6, 6.07) is 5.11. The molecule has 0 aliphatic rings. The summed E-state index contributed by atoms with van der Waals surface area (Å²) in [4.78, 5) is 0. The van der Waals surface area contributed by atoms with Gasteiger partial charge in [0.25, 0.3) is 0 Å². The lowest BCUT2D eigenvalue weighted by Crippen LogP contribution is -1.79. The zero-order valence-corrected chi connectivity index (χ0v) is 10.1. The Morgan fingerprint density at radius 1 is 0.500 bits per heavy atom. The lowest BCUT2D eigenvalue weighted by molar-refractivity contribution is 0.367. The molecule has 0 bridgehead atoms. The van der Waals surface area contributed by atoms with Crippen molar-refractivity contribution in [2.45, 2.75) is 0 Å². The van der Waals surface area contributed by atoms with Gasteiger partial charge in [0.2, 0.25) is 11.5 Å². The average molecular weight is 276 g/mol. The van der Waals surface area contributed by atoms with Crippen LogP contribution in [-0.2, 0) is 0 Å². The maximum Gasteiger partial charge on any atom is 0.200 e. The quantitative estimate of drug-likeness (QED) is 0.369. The molecule has 0 saturated carbocycles. The van der Waals surface area contributed by atoms with Crippen LogP contribution in [0.2, 0.25) is 0 Å². The monoisotopic (exact) mass is 276 g/mol. The molecule has 6 heteroatoms. The van der Waals surface area contributed by atoms with Gasteiger partial charge in [0, 0.05) is 11.1 Å². The lowest BCUT2D eigenvalue weighted by Gasteiger charge is -2.05. The van der Waals surface area contributed by atoms with Gasteiger partial charge in [-0.2, -0.15) is 0 Å². The van der Waals surface area contributed by atoms with Crippen molar-refractivity contribution < 1.29 is 30.6 Å². The molecule has 0 atom stereocenters. The highest BCUT2D eigenvalue weighted by molar-refractivity contribution is 5.78. The van der Waals surface area contributed by atoms with Crippen molar-refractivity contribution in [3.63, 3.8) is 0 Å².